The minimum atomic E-state index is -1.34. The largest absolute Gasteiger partial charge is 0.465 e. The summed E-state index contributed by atoms with van der Waals surface area (Å²) in [6.07, 6.45) is 8.51. The Kier molecular flexibility index (Phi) is 6.05. The molecule has 0 aliphatic carbocycles. The lowest BCUT2D eigenvalue weighted by Gasteiger charge is -2.40. The average molecular weight is 481 g/mol. The molecule has 0 saturated carbocycles. The summed E-state index contributed by atoms with van der Waals surface area (Å²) in [6.45, 7) is 4.28. The van der Waals surface area contributed by atoms with Gasteiger partial charge in [-0.3, -0.25) is 14.4 Å². The number of benzene rings is 1. The summed E-state index contributed by atoms with van der Waals surface area (Å²) in [5.74, 6) is -2.90. The fourth-order valence-corrected chi connectivity index (χ4v) is 6.22. The molecule has 2 amide bonds. The van der Waals surface area contributed by atoms with E-state index in [-0.39, 0.29) is 25.0 Å². The Morgan fingerprint density at radius 3 is 2.57 bits per heavy atom. The first kappa shape index (κ1) is 23.8. The van der Waals surface area contributed by atoms with Crippen LogP contribution in [0.5, 0.6) is 0 Å². The van der Waals surface area contributed by atoms with Crippen LogP contribution in [0.25, 0.3) is 0 Å². The van der Waals surface area contributed by atoms with E-state index in [1.807, 2.05) is 61.6 Å². The summed E-state index contributed by atoms with van der Waals surface area (Å²) < 4.78 is 12.3. The van der Waals surface area contributed by atoms with Crippen LogP contribution < -0.4 is 0 Å². The molecule has 1 aromatic rings. The molecule has 6 atom stereocenters. The predicted molar refractivity (Wildman–Crippen MR) is 127 cm³/mol. The van der Waals surface area contributed by atoms with E-state index >= 15 is 0 Å². The van der Waals surface area contributed by atoms with Gasteiger partial charge in [0, 0.05) is 13.1 Å². The lowest BCUT2D eigenvalue weighted by molar-refractivity contribution is -0.163. The normalized spacial score (nSPS) is 35.1. The standard InChI is InChI=1S/C27H32N2O6/c1-3-26-12-7-8-15-34-25(33)21(26)20-23(31)29(18(2)17-30)22-24(32)28(14-9-13-27(20,22)35-26)16-19-10-5-4-6-11-19/h4-7,9-13,18,20-22,30H,3,8,14-17H2,1-2H3/t18-,20+,21+,22?,26-,27+/m1/s1. The van der Waals surface area contributed by atoms with Gasteiger partial charge in [0.1, 0.15) is 23.2 Å². The van der Waals surface area contributed by atoms with E-state index < -0.39 is 41.1 Å². The number of nitrogens with zero attached hydrogens (tertiary/aromatic N) is 2. The molecule has 186 valence electrons. The number of esters is 1. The number of aliphatic hydroxyl groups is 1. The van der Waals surface area contributed by atoms with Crippen LogP contribution in [0.15, 0.2) is 54.6 Å². The van der Waals surface area contributed by atoms with Gasteiger partial charge in [-0.05, 0) is 25.3 Å². The number of fused-ring (bicyclic) bond motifs is 2. The zero-order valence-electron chi connectivity index (χ0n) is 20.1. The van der Waals surface area contributed by atoms with Crippen molar-refractivity contribution in [1.82, 2.24) is 9.80 Å². The fraction of sp³-hybridized carbons (Fsp3) is 0.519. The van der Waals surface area contributed by atoms with E-state index in [0.29, 0.717) is 25.9 Å². The van der Waals surface area contributed by atoms with Gasteiger partial charge in [-0.15, -0.1) is 0 Å². The van der Waals surface area contributed by atoms with E-state index in [1.165, 1.54) is 4.90 Å². The van der Waals surface area contributed by atoms with Crippen molar-refractivity contribution in [2.45, 2.75) is 56.5 Å². The van der Waals surface area contributed by atoms with E-state index in [9.17, 15) is 19.5 Å². The van der Waals surface area contributed by atoms with Gasteiger partial charge in [0.25, 0.3) is 0 Å². The second-order valence-electron chi connectivity index (χ2n) is 9.86. The summed E-state index contributed by atoms with van der Waals surface area (Å²) in [5.41, 5.74) is -1.42. The molecule has 0 radical (unpaired) electrons. The van der Waals surface area contributed by atoms with Crippen molar-refractivity contribution in [2.75, 3.05) is 19.8 Å². The maximum Gasteiger partial charge on any atom is 0.313 e. The van der Waals surface area contributed by atoms with Crippen molar-refractivity contribution in [1.29, 1.82) is 0 Å². The SMILES string of the molecule is CC[C@@]12C=CCCOC(=O)[C@@H]1[C@H]1C(=O)N([C@H](C)CO)C3C(=O)N(Cc4ccccc4)CC=C[C@@]31O2. The van der Waals surface area contributed by atoms with Gasteiger partial charge in [-0.1, -0.05) is 61.6 Å². The molecule has 1 aromatic carbocycles. The van der Waals surface area contributed by atoms with E-state index in [1.54, 1.807) is 11.8 Å². The molecule has 4 heterocycles. The summed E-state index contributed by atoms with van der Waals surface area (Å²) in [4.78, 5) is 44.6. The molecule has 2 saturated heterocycles. The molecule has 0 bridgehead atoms. The second-order valence-corrected chi connectivity index (χ2v) is 9.86. The third-order valence-electron chi connectivity index (χ3n) is 7.88. The van der Waals surface area contributed by atoms with Crippen molar-refractivity contribution in [3.63, 3.8) is 0 Å². The predicted octanol–water partition coefficient (Wildman–Crippen LogP) is 1.83. The number of hydrogen-bond acceptors (Lipinski definition) is 6. The van der Waals surface area contributed by atoms with Crippen molar-refractivity contribution in [3.8, 4) is 0 Å². The molecule has 4 aliphatic rings. The molecular weight excluding hydrogens is 448 g/mol. The van der Waals surface area contributed by atoms with Crippen LogP contribution in [0.4, 0.5) is 0 Å². The minimum Gasteiger partial charge on any atom is -0.465 e. The van der Waals surface area contributed by atoms with Crippen LogP contribution in [-0.2, 0) is 30.4 Å². The van der Waals surface area contributed by atoms with Crippen molar-refractivity contribution >= 4 is 17.8 Å². The topological polar surface area (TPSA) is 96.4 Å². The first-order chi connectivity index (χ1) is 16.9. The van der Waals surface area contributed by atoms with Gasteiger partial charge in [0.15, 0.2) is 0 Å². The number of ether oxygens (including phenoxy) is 2. The minimum absolute atomic E-state index is 0.235. The maximum absolute atomic E-state index is 14.2. The van der Waals surface area contributed by atoms with Gasteiger partial charge < -0.3 is 24.4 Å². The lowest BCUT2D eigenvalue weighted by Crippen LogP contribution is -2.58. The van der Waals surface area contributed by atoms with Crippen LogP contribution in [0.2, 0.25) is 0 Å². The van der Waals surface area contributed by atoms with Crippen LogP contribution in [0, 0.1) is 11.8 Å². The van der Waals surface area contributed by atoms with Gasteiger partial charge in [0.2, 0.25) is 11.8 Å². The molecule has 0 aromatic heterocycles. The van der Waals surface area contributed by atoms with Gasteiger partial charge >= 0.3 is 5.97 Å². The summed E-state index contributed by atoms with van der Waals surface area (Å²) in [7, 11) is 0. The molecule has 5 rings (SSSR count). The van der Waals surface area contributed by atoms with Crippen LogP contribution >= 0.6 is 0 Å². The first-order valence-electron chi connectivity index (χ1n) is 12.4. The number of carbonyl (C=O) groups is 3. The Labute approximate surface area is 205 Å². The summed E-state index contributed by atoms with van der Waals surface area (Å²) in [5, 5.41) is 10.0. The zero-order chi connectivity index (χ0) is 24.8. The third kappa shape index (κ3) is 3.53. The molecule has 1 spiro atoms. The number of cyclic esters (lactones) is 1. The fourth-order valence-electron chi connectivity index (χ4n) is 6.22. The highest BCUT2D eigenvalue weighted by Crippen LogP contribution is 2.58. The number of likely N-dealkylation sites (tertiary alicyclic amines) is 1. The van der Waals surface area contributed by atoms with Crippen LogP contribution in [0.3, 0.4) is 0 Å². The zero-order valence-corrected chi connectivity index (χ0v) is 20.1. The lowest BCUT2D eigenvalue weighted by atomic mass is 9.73. The molecule has 1 unspecified atom stereocenters. The van der Waals surface area contributed by atoms with E-state index in [4.69, 9.17) is 9.47 Å². The third-order valence-corrected chi connectivity index (χ3v) is 7.88. The molecule has 2 fully saturated rings. The average Bonchev–Trinajstić information content (AvgIpc) is 3.22. The quantitative estimate of drug-likeness (QED) is 0.510. The Bertz CT molecular complexity index is 1070. The Balaban J connectivity index is 1.63. The van der Waals surface area contributed by atoms with Gasteiger partial charge in [-0.25, -0.2) is 0 Å². The van der Waals surface area contributed by atoms with Crippen LogP contribution in [-0.4, -0.2) is 75.7 Å². The Morgan fingerprint density at radius 2 is 1.86 bits per heavy atom. The number of amides is 2. The Hall–Kier alpha value is -2.97. The van der Waals surface area contributed by atoms with Crippen molar-refractivity contribution in [2.24, 2.45) is 11.8 Å². The molecule has 4 aliphatic heterocycles. The highest BCUT2D eigenvalue weighted by Gasteiger charge is 2.75. The van der Waals surface area contributed by atoms with Crippen LogP contribution in [0.1, 0.15) is 32.3 Å². The molecule has 8 nitrogen and oxygen atoms in total. The highest BCUT2D eigenvalue weighted by atomic mass is 16.6. The number of rotatable bonds is 5. The first-order valence-corrected chi connectivity index (χ1v) is 12.4. The number of aliphatic hydroxyl groups excluding tert-OH is 1. The van der Waals surface area contributed by atoms with Gasteiger partial charge in [-0.2, -0.15) is 0 Å². The smallest absolute Gasteiger partial charge is 0.313 e. The van der Waals surface area contributed by atoms with E-state index in [2.05, 4.69) is 0 Å². The number of carbonyl (C=O) groups excluding carboxylic acids is 3. The van der Waals surface area contributed by atoms with Crippen molar-refractivity contribution < 1.29 is 29.0 Å². The highest BCUT2D eigenvalue weighted by molar-refractivity contribution is 5.99. The van der Waals surface area contributed by atoms with Crippen molar-refractivity contribution in [3.05, 3.63) is 60.2 Å². The molecule has 1 N–H and O–H groups in total. The molecule has 8 heteroatoms. The molecular formula is C27H32N2O6. The molecule has 35 heavy (non-hydrogen) atoms. The maximum atomic E-state index is 14.2. The van der Waals surface area contributed by atoms with Gasteiger partial charge in [0.05, 0.1) is 25.2 Å². The summed E-state index contributed by atoms with van der Waals surface area (Å²) in [6, 6.07) is 8.05. The van der Waals surface area contributed by atoms with E-state index in [0.717, 1.165) is 5.56 Å². The summed E-state index contributed by atoms with van der Waals surface area (Å²) >= 11 is 0. The second kappa shape index (κ2) is 8.91. The number of hydrogen-bond donors (Lipinski definition) is 1. The monoisotopic (exact) mass is 480 g/mol. The Morgan fingerprint density at radius 1 is 1.09 bits per heavy atom.